The zero-order valence-corrected chi connectivity index (χ0v) is 13.1. The Hall–Kier alpha value is -0.620. The molecule has 1 fully saturated rings. The molecule has 0 radical (unpaired) electrons. The minimum absolute atomic E-state index is 0. The number of aryl methyl sites for hydroxylation is 1. The van der Waals surface area contributed by atoms with Gasteiger partial charge in [-0.2, -0.15) is 0 Å². The molecule has 1 aliphatic rings. The fourth-order valence-electron chi connectivity index (χ4n) is 1.97. The second-order valence-corrected chi connectivity index (χ2v) is 5.37. The van der Waals surface area contributed by atoms with Crippen molar-refractivity contribution in [2.24, 2.45) is 5.73 Å². The van der Waals surface area contributed by atoms with Gasteiger partial charge >= 0.3 is 0 Å². The predicted molar refractivity (Wildman–Crippen MR) is 81.7 cm³/mol. The third-order valence-corrected chi connectivity index (χ3v) is 3.96. The highest BCUT2D eigenvalue weighted by atomic mass is 79.9. The number of nitrogens with one attached hydrogen (secondary N) is 1. The van der Waals surface area contributed by atoms with Crippen molar-refractivity contribution in [2.45, 2.75) is 32.0 Å². The largest absolute Gasteiger partial charge is 0.364 e. The molecule has 4 nitrogen and oxygen atoms in total. The van der Waals surface area contributed by atoms with Gasteiger partial charge in [0, 0.05) is 16.7 Å². The van der Waals surface area contributed by atoms with E-state index in [0.29, 0.717) is 6.54 Å². The van der Waals surface area contributed by atoms with Crippen molar-refractivity contribution in [1.29, 1.82) is 0 Å². The molecule has 0 aromatic heterocycles. The molecule has 0 aliphatic carbocycles. The van der Waals surface area contributed by atoms with Crippen molar-refractivity contribution in [2.75, 3.05) is 11.9 Å². The molecule has 0 bridgehead atoms. The van der Waals surface area contributed by atoms with Crippen LogP contribution in [0.2, 0.25) is 0 Å². The molecule has 106 valence electrons. The lowest BCUT2D eigenvalue weighted by molar-refractivity contribution is -0.126. The van der Waals surface area contributed by atoms with Gasteiger partial charge in [0.2, 0.25) is 0 Å². The van der Waals surface area contributed by atoms with E-state index < -0.39 is 0 Å². The maximum absolute atomic E-state index is 12.0. The number of halogens is 2. The zero-order chi connectivity index (χ0) is 13.1. The van der Waals surface area contributed by atoms with E-state index in [4.69, 9.17) is 10.5 Å². The first-order valence-electron chi connectivity index (χ1n) is 6.02. The second-order valence-electron chi connectivity index (χ2n) is 4.51. The van der Waals surface area contributed by atoms with Crippen LogP contribution in [0.25, 0.3) is 0 Å². The fraction of sp³-hybridized carbons (Fsp3) is 0.462. The molecular formula is C13H18BrClN2O2. The number of ether oxygens (including phenoxy) is 1. The minimum Gasteiger partial charge on any atom is -0.364 e. The maximum atomic E-state index is 12.0. The zero-order valence-electron chi connectivity index (χ0n) is 10.7. The van der Waals surface area contributed by atoms with E-state index in [-0.39, 0.29) is 30.5 Å². The number of rotatable bonds is 3. The van der Waals surface area contributed by atoms with Crippen molar-refractivity contribution in [3.63, 3.8) is 0 Å². The molecule has 0 spiro atoms. The lowest BCUT2D eigenvalue weighted by Gasteiger charge is -2.13. The molecular weight excluding hydrogens is 332 g/mol. The summed E-state index contributed by atoms with van der Waals surface area (Å²) in [4.78, 5) is 12.0. The summed E-state index contributed by atoms with van der Waals surface area (Å²) >= 11 is 3.44. The lowest BCUT2D eigenvalue weighted by atomic mass is 10.2. The van der Waals surface area contributed by atoms with E-state index >= 15 is 0 Å². The SMILES string of the molecule is Cc1ccc(NC(=O)[C@@H]2CC[C@H](CN)O2)cc1Br.Cl. The number of anilines is 1. The van der Waals surface area contributed by atoms with Gasteiger partial charge in [0.25, 0.3) is 5.91 Å². The first-order chi connectivity index (χ1) is 8.60. The van der Waals surface area contributed by atoms with Crippen LogP contribution in [0.3, 0.4) is 0 Å². The normalized spacial score (nSPS) is 21.8. The van der Waals surface area contributed by atoms with E-state index in [1.54, 1.807) is 0 Å². The molecule has 2 atom stereocenters. The van der Waals surface area contributed by atoms with E-state index in [2.05, 4.69) is 21.2 Å². The van der Waals surface area contributed by atoms with Crippen LogP contribution in [-0.2, 0) is 9.53 Å². The van der Waals surface area contributed by atoms with Crippen LogP contribution in [0.15, 0.2) is 22.7 Å². The monoisotopic (exact) mass is 348 g/mol. The van der Waals surface area contributed by atoms with Crippen LogP contribution in [-0.4, -0.2) is 24.7 Å². The molecule has 19 heavy (non-hydrogen) atoms. The Kier molecular flexibility index (Phi) is 6.26. The number of carbonyl (C=O) groups is 1. The van der Waals surface area contributed by atoms with Crippen molar-refractivity contribution in [1.82, 2.24) is 0 Å². The van der Waals surface area contributed by atoms with Gasteiger partial charge in [0.15, 0.2) is 0 Å². The van der Waals surface area contributed by atoms with Crippen molar-refractivity contribution in [3.8, 4) is 0 Å². The van der Waals surface area contributed by atoms with Crippen LogP contribution in [0.5, 0.6) is 0 Å². The van der Waals surface area contributed by atoms with Crippen LogP contribution in [0.4, 0.5) is 5.69 Å². The fourth-order valence-corrected chi connectivity index (χ4v) is 2.34. The summed E-state index contributed by atoms with van der Waals surface area (Å²) in [5, 5.41) is 2.86. The maximum Gasteiger partial charge on any atom is 0.253 e. The second kappa shape index (κ2) is 7.24. The van der Waals surface area contributed by atoms with Crippen LogP contribution in [0.1, 0.15) is 18.4 Å². The molecule has 1 heterocycles. The summed E-state index contributed by atoms with van der Waals surface area (Å²) in [5.41, 5.74) is 7.43. The van der Waals surface area contributed by atoms with Gasteiger partial charge in [-0.3, -0.25) is 4.79 Å². The number of nitrogens with two attached hydrogens (primary N) is 1. The molecule has 6 heteroatoms. The highest BCUT2D eigenvalue weighted by molar-refractivity contribution is 9.10. The van der Waals surface area contributed by atoms with Crippen molar-refractivity contribution >= 4 is 39.9 Å². The number of hydrogen-bond donors (Lipinski definition) is 2. The minimum atomic E-state index is -0.376. The molecule has 0 saturated carbocycles. The summed E-state index contributed by atoms with van der Waals surface area (Å²) in [6.07, 6.45) is 1.23. The Morgan fingerprint density at radius 3 is 2.84 bits per heavy atom. The summed E-state index contributed by atoms with van der Waals surface area (Å²) in [5.74, 6) is -0.0956. The van der Waals surface area contributed by atoms with Gasteiger partial charge in [0.05, 0.1) is 6.10 Å². The topological polar surface area (TPSA) is 64.4 Å². The summed E-state index contributed by atoms with van der Waals surface area (Å²) < 4.78 is 6.53. The molecule has 0 unspecified atom stereocenters. The van der Waals surface area contributed by atoms with Crippen LogP contribution in [0, 0.1) is 6.92 Å². The van der Waals surface area contributed by atoms with Crippen LogP contribution < -0.4 is 11.1 Å². The lowest BCUT2D eigenvalue weighted by Crippen LogP contribution is -2.29. The highest BCUT2D eigenvalue weighted by Crippen LogP contribution is 2.23. The Bertz CT molecular complexity index is 456. The third kappa shape index (κ3) is 4.18. The van der Waals surface area contributed by atoms with Gasteiger partial charge in [-0.25, -0.2) is 0 Å². The average molecular weight is 350 g/mol. The molecule has 1 aliphatic heterocycles. The van der Waals surface area contributed by atoms with Crippen LogP contribution >= 0.6 is 28.3 Å². The first-order valence-corrected chi connectivity index (χ1v) is 6.82. The molecule has 1 saturated heterocycles. The van der Waals surface area contributed by atoms with Crippen molar-refractivity contribution in [3.05, 3.63) is 28.2 Å². The number of benzene rings is 1. The Labute approximate surface area is 127 Å². The molecule has 1 aromatic carbocycles. The van der Waals surface area contributed by atoms with Crippen molar-refractivity contribution < 1.29 is 9.53 Å². The number of hydrogen-bond acceptors (Lipinski definition) is 3. The third-order valence-electron chi connectivity index (χ3n) is 3.10. The van der Waals surface area contributed by atoms with Gasteiger partial charge in [-0.1, -0.05) is 22.0 Å². The van der Waals surface area contributed by atoms with E-state index in [1.807, 2.05) is 25.1 Å². The summed E-state index contributed by atoms with van der Waals surface area (Å²) in [6.45, 7) is 2.47. The van der Waals surface area contributed by atoms with E-state index in [1.165, 1.54) is 0 Å². The average Bonchev–Trinajstić information content (AvgIpc) is 2.82. The standard InChI is InChI=1S/C13H17BrN2O2.ClH/c1-8-2-3-9(6-11(8)14)16-13(17)12-5-4-10(7-15)18-12;/h2-3,6,10,12H,4-5,7,15H2,1H3,(H,16,17);1H/t10-,12+;/m1./s1. The predicted octanol–water partition coefficient (Wildman–Crippen LogP) is 2.62. The Morgan fingerprint density at radius 2 is 2.26 bits per heavy atom. The number of amides is 1. The summed E-state index contributed by atoms with van der Waals surface area (Å²) in [6, 6.07) is 5.73. The first kappa shape index (κ1) is 16.4. The van der Waals surface area contributed by atoms with Gasteiger partial charge in [-0.15, -0.1) is 12.4 Å². The van der Waals surface area contributed by atoms with Gasteiger partial charge in [-0.05, 0) is 37.5 Å². The smallest absolute Gasteiger partial charge is 0.253 e. The Balaban J connectivity index is 0.00000180. The molecule has 1 amide bonds. The van der Waals surface area contributed by atoms with E-state index in [0.717, 1.165) is 28.6 Å². The van der Waals surface area contributed by atoms with E-state index in [9.17, 15) is 4.79 Å². The number of carbonyl (C=O) groups excluding carboxylic acids is 1. The summed E-state index contributed by atoms with van der Waals surface area (Å²) in [7, 11) is 0. The molecule has 3 N–H and O–H groups in total. The molecule has 2 rings (SSSR count). The van der Waals surface area contributed by atoms with Gasteiger partial charge in [0.1, 0.15) is 6.10 Å². The Morgan fingerprint density at radius 1 is 1.53 bits per heavy atom. The molecule has 1 aromatic rings. The van der Waals surface area contributed by atoms with Gasteiger partial charge < -0.3 is 15.8 Å². The quantitative estimate of drug-likeness (QED) is 0.881. The highest BCUT2D eigenvalue weighted by Gasteiger charge is 2.29.